The summed E-state index contributed by atoms with van der Waals surface area (Å²) in [5, 5.41) is 48.4. The average molecular weight is 1450 g/mol. The largest absolute Gasteiger partial charge is 0.493 e. The van der Waals surface area contributed by atoms with E-state index in [1.165, 1.54) is 71.8 Å². The van der Waals surface area contributed by atoms with Crippen molar-refractivity contribution >= 4 is 139 Å². The van der Waals surface area contributed by atoms with Crippen LogP contribution < -0.4 is 35.0 Å². The summed E-state index contributed by atoms with van der Waals surface area (Å²) in [6, 6.07) is 18.8. The number of fused-ring (bicyclic) bond motifs is 2. The Hall–Kier alpha value is -10.2. The fourth-order valence-corrected chi connectivity index (χ4v) is 13.8. The van der Waals surface area contributed by atoms with Crippen molar-refractivity contribution in [1.29, 1.82) is 0 Å². The van der Waals surface area contributed by atoms with Crippen LogP contribution in [0.15, 0.2) is 141 Å². The molecule has 99 heavy (non-hydrogen) atoms. The zero-order valence-electron chi connectivity index (χ0n) is 54.3. The van der Waals surface area contributed by atoms with Gasteiger partial charge >= 0.3 is 23.9 Å². The molecule has 2 amide bonds. The number of thiazole rings is 2. The first kappa shape index (κ1) is 74.6. The van der Waals surface area contributed by atoms with Crippen molar-refractivity contribution < 1.29 is 92.0 Å². The number of anilines is 2. The maximum absolute atomic E-state index is 13.4. The quantitative estimate of drug-likeness (QED) is 0.00938. The molecule has 2 fully saturated rings. The van der Waals surface area contributed by atoms with Crippen molar-refractivity contribution in [1.82, 2.24) is 24.8 Å². The molecule has 4 aliphatic rings. The van der Waals surface area contributed by atoms with Crippen LogP contribution in [-0.2, 0) is 60.5 Å². The van der Waals surface area contributed by atoms with Gasteiger partial charge in [-0.15, -0.1) is 57.8 Å². The number of alkyl halides is 1. The third-order valence-corrected chi connectivity index (χ3v) is 19.6. The van der Waals surface area contributed by atoms with E-state index in [4.69, 9.17) is 51.7 Å². The second-order valence-corrected chi connectivity index (χ2v) is 27.0. The van der Waals surface area contributed by atoms with Gasteiger partial charge in [-0.1, -0.05) is 83.1 Å². The number of ketones is 2. The van der Waals surface area contributed by atoms with Gasteiger partial charge in [0.05, 0.1) is 57.2 Å². The number of ether oxygens (including phenoxy) is 4. The van der Waals surface area contributed by atoms with Crippen LogP contribution in [0.25, 0.3) is 12.2 Å². The number of carboxylic acids is 4. The Labute approximate surface area is 588 Å². The molecule has 33 heteroatoms. The number of nitrogen functional groups attached to an aromatic ring is 2. The Kier molecular flexibility index (Phi) is 24.8. The van der Waals surface area contributed by atoms with Crippen molar-refractivity contribution in [2.75, 3.05) is 51.4 Å². The fourth-order valence-electron chi connectivity index (χ4n) is 9.74. The number of aromatic nitrogens is 4. The molecule has 0 aliphatic carbocycles. The molecule has 0 radical (unpaired) electrons. The Morgan fingerprint density at radius 3 is 1.41 bits per heavy atom. The number of β-lactam (4-membered cyclic amide) rings is 2. The highest BCUT2D eigenvalue weighted by molar-refractivity contribution is 8.00. The van der Waals surface area contributed by atoms with Gasteiger partial charge in [0.15, 0.2) is 63.2 Å². The number of carbonyl (C=O) groups excluding carboxylic acids is 4. The maximum Gasteiger partial charge on any atom is 0.352 e. The third-order valence-electron chi connectivity index (χ3n) is 15.3. The van der Waals surface area contributed by atoms with E-state index >= 15 is 0 Å². The molecular formula is C66H68ClN10O18S4+. The smallest absolute Gasteiger partial charge is 0.352 e. The molecule has 2 aromatic carbocycles. The van der Waals surface area contributed by atoms with Crippen molar-refractivity contribution in [2.24, 2.45) is 22.1 Å². The van der Waals surface area contributed by atoms with E-state index in [0.29, 0.717) is 58.1 Å². The van der Waals surface area contributed by atoms with Crippen molar-refractivity contribution in [3.05, 3.63) is 165 Å². The number of methoxy groups -OCH3 is 4. The predicted octanol–water partition coefficient (Wildman–Crippen LogP) is 7.89. The number of oxime groups is 2. The first-order valence-corrected chi connectivity index (χ1v) is 34.1. The SMILES string of the molecule is CC(C)(O/N=C(\C(=O)C[C@@H]1C(=O)N2C(C(=O)O)=C(C=Cc3ccc(CCl)cc3)CS[C@H]12)c1csc(N)n1)C(=O)O.COc1cc[n+](Cc2ccc(C=CC3=C(C(=O)O)N4C(=O)[C@@H](CC(=O)/C(=N\OC(C)(C)C(=O)O)c5csc(N)n5)[C@H]4SC3)cc2)cc1OC.COc1ccncc1OC. The number of rotatable bonds is 27. The Morgan fingerprint density at radius 1 is 0.616 bits per heavy atom. The summed E-state index contributed by atoms with van der Waals surface area (Å²) in [7, 11) is 6.34. The number of pyridine rings is 2. The lowest BCUT2D eigenvalue weighted by atomic mass is 9.89. The predicted molar refractivity (Wildman–Crippen MR) is 370 cm³/mol. The number of benzene rings is 2. The molecule has 4 aliphatic heterocycles. The zero-order chi connectivity index (χ0) is 72.0. The van der Waals surface area contributed by atoms with Gasteiger partial charge in [0, 0.05) is 64.9 Å². The summed E-state index contributed by atoms with van der Waals surface area (Å²) in [6.07, 6.45) is 13.3. The zero-order valence-corrected chi connectivity index (χ0v) is 58.4. The number of thioether (sulfide) groups is 2. The molecule has 0 spiro atoms. The Bertz CT molecular complexity index is 4240. The number of nitrogens with two attached hydrogens (primary N) is 2. The molecule has 6 aromatic rings. The normalized spacial score (nSPS) is 17.6. The van der Waals surface area contributed by atoms with Gasteiger partial charge in [-0.2, -0.15) is 4.57 Å². The third kappa shape index (κ3) is 18.0. The summed E-state index contributed by atoms with van der Waals surface area (Å²) < 4.78 is 22.6. The van der Waals surface area contributed by atoms with E-state index in [2.05, 4.69) is 25.3 Å². The Morgan fingerprint density at radius 2 is 1.04 bits per heavy atom. The minimum absolute atomic E-state index is 0.0832. The number of allylic oxidation sites excluding steroid dienone is 2. The molecular weight excluding hydrogens is 1380 g/mol. The van der Waals surface area contributed by atoms with Gasteiger partial charge in [0.25, 0.3) is 0 Å². The number of carboxylic acid groups (broad SMARTS) is 4. The topological polar surface area (TPSA) is 399 Å². The van der Waals surface area contributed by atoms with Crippen molar-refractivity contribution in [2.45, 2.75) is 74.9 Å². The van der Waals surface area contributed by atoms with E-state index in [9.17, 15) is 58.8 Å². The van der Waals surface area contributed by atoms with Gasteiger partial charge in [-0.25, -0.2) is 29.1 Å². The van der Waals surface area contributed by atoms with Gasteiger partial charge in [0.2, 0.25) is 35.0 Å². The van der Waals surface area contributed by atoms with Crippen LogP contribution in [0, 0.1) is 11.8 Å². The first-order valence-electron chi connectivity index (χ1n) is 29.7. The van der Waals surface area contributed by atoms with Gasteiger partial charge in [-0.05, 0) is 55.5 Å². The lowest BCUT2D eigenvalue weighted by Crippen LogP contribution is -2.62. The molecule has 520 valence electrons. The minimum Gasteiger partial charge on any atom is -0.493 e. The second-order valence-electron chi connectivity index (χ2n) is 22.7. The summed E-state index contributed by atoms with van der Waals surface area (Å²) in [4.78, 5) is 125. The molecule has 8 heterocycles. The highest BCUT2D eigenvalue weighted by Gasteiger charge is 2.55. The first-order chi connectivity index (χ1) is 47.1. The van der Waals surface area contributed by atoms with Gasteiger partial charge in [-0.3, -0.25) is 34.0 Å². The maximum atomic E-state index is 13.4. The number of hydrogen-bond acceptors (Lipinski definition) is 25. The number of amides is 2. The molecule has 8 N–H and O–H groups in total. The number of hydrogen-bond donors (Lipinski definition) is 6. The van der Waals surface area contributed by atoms with Gasteiger partial charge in [0.1, 0.15) is 22.8 Å². The molecule has 4 atom stereocenters. The van der Waals surface area contributed by atoms with E-state index in [1.54, 1.807) is 71.2 Å². The standard InChI is InChI=1S/C33H33N5O9S2.C26H25ClN4O7S2.C7H9NO2/c1-33(2,31(43)44)47-36-26(22-17-49-32(34)35-22)23(39)13-21-28(40)38-27(30(41)42)20(16-48-29(21)38)10-9-18-5-7-19(8-6-18)14-37-12-11-24(45-3)25(15-37)46-4;1-26(2,24(36)37)38-30-19(17-12-40-25(28)29-17)18(32)9-16-21(33)31-20(23(34)35)15(11-39-22(16)31)8-7-13-3-5-14(10-27)6-4-13;1-9-6-3-4-8-5-7(6)10-2/h5-12,15,17,21,29H,13-14,16H2,1-4H3,(H3-,34,35,41,42,43,44);3-8,12,16,22H,9-11H2,1-2H3,(H2,28,29)(H,34,35)(H,36,37);3-5H,1-2H3/p+1/b10-9?,36-26-;8-7?,30-19-;/t21-,29-;16-,22-;/m11./s1. The molecule has 28 nitrogen and oxygen atoms in total. The van der Waals surface area contributed by atoms with Crippen LogP contribution in [0.5, 0.6) is 23.0 Å². The summed E-state index contributed by atoms with van der Waals surface area (Å²) in [5.74, 6) is -5.39. The number of carbonyl (C=O) groups is 8. The summed E-state index contributed by atoms with van der Waals surface area (Å²) in [6.45, 7) is 5.66. The van der Waals surface area contributed by atoms with Gasteiger partial charge < -0.3 is 60.5 Å². The molecule has 10 rings (SSSR count). The highest BCUT2D eigenvalue weighted by Crippen LogP contribution is 2.47. The van der Waals surface area contributed by atoms with E-state index < -0.39 is 81.0 Å². The van der Waals surface area contributed by atoms with Crippen molar-refractivity contribution in [3.8, 4) is 23.0 Å². The molecule has 4 aromatic heterocycles. The van der Waals surface area contributed by atoms with Crippen molar-refractivity contribution in [3.63, 3.8) is 0 Å². The molecule has 0 bridgehead atoms. The van der Waals surface area contributed by atoms with Crippen LogP contribution in [0.1, 0.15) is 74.2 Å². The number of Topliss-reactive ketones (excluding diaryl/α,β-unsaturated/α-hetero) is 2. The average Bonchev–Trinajstić information content (AvgIpc) is 0.985. The van der Waals surface area contributed by atoms with Crippen LogP contribution in [0.3, 0.4) is 0 Å². The summed E-state index contributed by atoms with van der Waals surface area (Å²) >= 11 is 10.6. The van der Waals surface area contributed by atoms with Crippen LogP contribution in [0.2, 0.25) is 0 Å². The van der Waals surface area contributed by atoms with E-state index in [-0.39, 0.29) is 57.3 Å². The van der Waals surface area contributed by atoms with Crippen LogP contribution in [0.4, 0.5) is 10.3 Å². The Balaban J connectivity index is 0.000000224. The minimum atomic E-state index is -1.74. The lowest BCUT2D eigenvalue weighted by molar-refractivity contribution is -0.688. The highest BCUT2D eigenvalue weighted by atomic mass is 35.5. The van der Waals surface area contributed by atoms with E-state index in [1.807, 2.05) is 71.6 Å². The van der Waals surface area contributed by atoms with E-state index in [0.717, 1.165) is 44.9 Å². The molecule has 0 saturated carbocycles. The second kappa shape index (κ2) is 32.9. The lowest BCUT2D eigenvalue weighted by Gasteiger charge is -2.49. The number of aliphatic carboxylic acids is 4. The molecule has 0 unspecified atom stereocenters. The fraction of sp³-hybridized carbons (Fsp3) is 0.303. The monoisotopic (exact) mass is 1450 g/mol. The van der Waals surface area contributed by atoms with Crippen LogP contribution in [-0.4, -0.2) is 166 Å². The summed E-state index contributed by atoms with van der Waals surface area (Å²) in [5.41, 5.74) is 11.9. The molecule has 2 saturated heterocycles. The number of halogens is 1. The number of nitrogens with zero attached hydrogens (tertiary/aromatic N) is 8. The van der Waals surface area contributed by atoms with Crippen LogP contribution >= 0.6 is 57.8 Å².